The molecular formula is C18H14BrNO5. The highest BCUT2D eigenvalue weighted by Gasteiger charge is 2.49. The lowest BCUT2D eigenvalue weighted by Crippen LogP contribution is -2.40. The Bertz CT molecular complexity index is 912. The molecule has 1 amide bonds. The molecule has 0 fully saturated rings. The summed E-state index contributed by atoms with van der Waals surface area (Å²) in [6, 6.07) is 10.0. The average molecular weight is 404 g/mol. The van der Waals surface area contributed by atoms with Crippen molar-refractivity contribution in [2.75, 3.05) is 18.7 Å². The van der Waals surface area contributed by atoms with Crippen LogP contribution in [0.25, 0.3) is 0 Å². The zero-order valence-electron chi connectivity index (χ0n) is 13.3. The Morgan fingerprint density at radius 3 is 2.80 bits per heavy atom. The molecule has 0 saturated carbocycles. The summed E-state index contributed by atoms with van der Waals surface area (Å²) in [6.07, 6.45) is -0.348. The highest BCUT2D eigenvalue weighted by molar-refractivity contribution is 9.10. The van der Waals surface area contributed by atoms with Gasteiger partial charge in [-0.15, -0.1) is 0 Å². The van der Waals surface area contributed by atoms with E-state index in [-0.39, 0.29) is 19.0 Å². The zero-order chi connectivity index (χ0) is 17.8. The molecule has 6 nitrogen and oxygen atoms in total. The first-order chi connectivity index (χ1) is 11.9. The van der Waals surface area contributed by atoms with Crippen molar-refractivity contribution in [1.29, 1.82) is 0 Å². The second-order valence-electron chi connectivity index (χ2n) is 6.05. The van der Waals surface area contributed by atoms with Gasteiger partial charge >= 0.3 is 0 Å². The Kier molecular flexibility index (Phi) is 3.59. The minimum Gasteiger partial charge on any atom is -0.454 e. The van der Waals surface area contributed by atoms with Crippen LogP contribution in [0.5, 0.6) is 11.5 Å². The van der Waals surface area contributed by atoms with E-state index in [9.17, 15) is 14.7 Å². The normalized spacial score (nSPS) is 20.8. The van der Waals surface area contributed by atoms with E-state index in [1.54, 1.807) is 43.4 Å². The number of carbonyl (C=O) groups is 2. The summed E-state index contributed by atoms with van der Waals surface area (Å²) in [5, 5.41) is 11.0. The lowest BCUT2D eigenvalue weighted by atomic mass is 9.88. The number of ether oxygens (including phenoxy) is 2. The van der Waals surface area contributed by atoms with Crippen LogP contribution in [0.3, 0.4) is 0 Å². The van der Waals surface area contributed by atoms with E-state index in [2.05, 4.69) is 15.9 Å². The van der Waals surface area contributed by atoms with Crippen molar-refractivity contribution in [2.45, 2.75) is 12.0 Å². The van der Waals surface area contributed by atoms with Crippen LogP contribution >= 0.6 is 15.9 Å². The molecule has 0 aliphatic carbocycles. The third-order valence-electron chi connectivity index (χ3n) is 4.53. The number of anilines is 1. The fourth-order valence-electron chi connectivity index (χ4n) is 3.21. The molecule has 7 heteroatoms. The minimum absolute atomic E-state index is 0.113. The molecule has 2 aromatic rings. The first-order valence-electron chi connectivity index (χ1n) is 7.63. The molecule has 4 rings (SSSR count). The molecule has 1 atom stereocenters. The Hall–Kier alpha value is -2.38. The second kappa shape index (κ2) is 5.57. The van der Waals surface area contributed by atoms with Gasteiger partial charge in [0.15, 0.2) is 22.9 Å². The Morgan fingerprint density at radius 1 is 1.24 bits per heavy atom. The van der Waals surface area contributed by atoms with Gasteiger partial charge in [0.1, 0.15) is 0 Å². The number of benzene rings is 2. The van der Waals surface area contributed by atoms with Gasteiger partial charge in [-0.05, 0) is 36.4 Å². The molecule has 2 heterocycles. The molecule has 0 radical (unpaired) electrons. The number of halogens is 1. The molecule has 0 aromatic heterocycles. The summed E-state index contributed by atoms with van der Waals surface area (Å²) in [5.74, 6) is 0.183. The number of rotatable bonds is 3. The van der Waals surface area contributed by atoms with Gasteiger partial charge in [-0.25, -0.2) is 0 Å². The fourth-order valence-corrected chi connectivity index (χ4v) is 3.57. The topological polar surface area (TPSA) is 76.1 Å². The van der Waals surface area contributed by atoms with Crippen molar-refractivity contribution in [3.63, 3.8) is 0 Å². The van der Waals surface area contributed by atoms with E-state index in [1.807, 2.05) is 0 Å². The summed E-state index contributed by atoms with van der Waals surface area (Å²) < 4.78 is 11.2. The Balaban J connectivity index is 1.69. The molecule has 2 aliphatic heterocycles. The lowest BCUT2D eigenvalue weighted by Gasteiger charge is -2.21. The highest BCUT2D eigenvalue weighted by Crippen LogP contribution is 2.43. The maximum atomic E-state index is 12.7. The number of ketones is 1. The number of Topliss-reactive ketones (excluding diaryl/α,β-unsaturated/α-hetero) is 1. The van der Waals surface area contributed by atoms with Crippen LogP contribution in [-0.4, -0.2) is 30.6 Å². The summed E-state index contributed by atoms with van der Waals surface area (Å²) in [4.78, 5) is 26.7. The largest absolute Gasteiger partial charge is 0.454 e. The van der Waals surface area contributed by atoms with Gasteiger partial charge in [-0.2, -0.15) is 0 Å². The highest BCUT2D eigenvalue weighted by atomic mass is 79.9. The van der Waals surface area contributed by atoms with Crippen LogP contribution in [0.4, 0.5) is 5.69 Å². The summed E-state index contributed by atoms with van der Waals surface area (Å²) in [7, 11) is 1.58. The summed E-state index contributed by atoms with van der Waals surface area (Å²) >= 11 is 3.35. The zero-order valence-corrected chi connectivity index (χ0v) is 14.9. The Morgan fingerprint density at radius 2 is 2.00 bits per heavy atom. The van der Waals surface area contributed by atoms with E-state index in [4.69, 9.17) is 9.47 Å². The maximum Gasteiger partial charge on any atom is 0.263 e. The smallest absolute Gasteiger partial charge is 0.263 e. The molecule has 0 saturated heterocycles. The predicted molar refractivity (Wildman–Crippen MR) is 93.0 cm³/mol. The molecule has 0 unspecified atom stereocenters. The lowest BCUT2D eigenvalue weighted by molar-refractivity contribution is -0.135. The van der Waals surface area contributed by atoms with Crippen LogP contribution in [0.1, 0.15) is 22.3 Å². The third-order valence-corrected chi connectivity index (χ3v) is 5.03. The van der Waals surface area contributed by atoms with E-state index >= 15 is 0 Å². The van der Waals surface area contributed by atoms with Crippen molar-refractivity contribution < 1.29 is 24.2 Å². The number of amides is 1. The minimum atomic E-state index is -1.89. The van der Waals surface area contributed by atoms with Crippen molar-refractivity contribution in [3.8, 4) is 11.5 Å². The van der Waals surface area contributed by atoms with Crippen LogP contribution < -0.4 is 14.4 Å². The van der Waals surface area contributed by atoms with Gasteiger partial charge in [0.2, 0.25) is 6.79 Å². The standard InChI is InChI=1S/C18H14BrNO5/c1-20-13-4-3-11(19)7-12(13)18(23,17(20)22)8-14(21)10-2-5-15-16(6-10)25-9-24-15/h2-7,23H,8-9H2,1H3/t18-/m0/s1. The van der Waals surface area contributed by atoms with E-state index in [1.165, 1.54) is 4.90 Å². The number of nitrogens with zero attached hydrogens (tertiary/aromatic N) is 1. The van der Waals surface area contributed by atoms with Gasteiger partial charge in [-0.1, -0.05) is 15.9 Å². The number of likely N-dealkylation sites (N-methyl/N-ethyl adjacent to an activating group) is 1. The van der Waals surface area contributed by atoms with Crippen molar-refractivity contribution in [2.24, 2.45) is 0 Å². The molecule has 128 valence electrons. The summed E-state index contributed by atoms with van der Waals surface area (Å²) in [6.45, 7) is 0.113. The number of carbonyl (C=O) groups excluding carboxylic acids is 2. The number of fused-ring (bicyclic) bond motifs is 2. The number of hydrogen-bond acceptors (Lipinski definition) is 5. The van der Waals surface area contributed by atoms with Gasteiger partial charge in [0.05, 0.1) is 12.1 Å². The van der Waals surface area contributed by atoms with Gasteiger partial charge in [-0.3, -0.25) is 9.59 Å². The molecule has 2 aromatic carbocycles. The fraction of sp³-hybridized carbons (Fsp3) is 0.222. The average Bonchev–Trinajstić information content (AvgIpc) is 3.13. The van der Waals surface area contributed by atoms with E-state index < -0.39 is 11.5 Å². The quantitative estimate of drug-likeness (QED) is 0.797. The SMILES string of the molecule is CN1C(=O)[C@](O)(CC(=O)c2ccc3c(c2)OCO3)c2cc(Br)ccc21. The molecule has 25 heavy (non-hydrogen) atoms. The van der Waals surface area contributed by atoms with Crippen molar-refractivity contribution in [1.82, 2.24) is 0 Å². The second-order valence-corrected chi connectivity index (χ2v) is 6.97. The maximum absolute atomic E-state index is 12.7. The van der Waals surface area contributed by atoms with E-state index in [0.717, 1.165) is 4.47 Å². The van der Waals surface area contributed by atoms with Crippen LogP contribution in [0.2, 0.25) is 0 Å². The predicted octanol–water partition coefficient (Wildman–Crippen LogP) is 2.61. The van der Waals surface area contributed by atoms with E-state index in [0.29, 0.717) is 28.3 Å². The number of hydrogen-bond donors (Lipinski definition) is 1. The third kappa shape index (κ3) is 2.42. The molecule has 1 N–H and O–H groups in total. The Labute approximate surface area is 152 Å². The summed E-state index contributed by atoms with van der Waals surface area (Å²) in [5.41, 5.74) is -0.518. The van der Waals surface area contributed by atoms with Gasteiger partial charge < -0.3 is 19.5 Å². The molecular weight excluding hydrogens is 390 g/mol. The molecule has 2 aliphatic rings. The molecule has 0 spiro atoms. The first kappa shape index (κ1) is 16.1. The van der Waals surface area contributed by atoms with Gasteiger partial charge in [0.25, 0.3) is 5.91 Å². The van der Waals surface area contributed by atoms with Crippen LogP contribution in [0, 0.1) is 0 Å². The van der Waals surface area contributed by atoms with Crippen molar-refractivity contribution >= 4 is 33.3 Å². The molecule has 0 bridgehead atoms. The van der Waals surface area contributed by atoms with Crippen LogP contribution in [0.15, 0.2) is 40.9 Å². The monoisotopic (exact) mass is 403 g/mol. The van der Waals surface area contributed by atoms with Gasteiger partial charge in [0, 0.05) is 22.6 Å². The van der Waals surface area contributed by atoms with Crippen molar-refractivity contribution in [3.05, 3.63) is 52.0 Å². The first-order valence-corrected chi connectivity index (χ1v) is 8.43. The number of aliphatic hydroxyl groups is 1. The van der Waals surface area contributed by atoms with Crippen LogP contribution in [-0.2, 0) is 10.4 Å².